The summed E-state index contributed by atoms with van der Waals surface area (Å²) < 4.78 is 1.34. The lowest BCUT2D eigenvalue weighted by Gasteiger charge is -2.09. The van der Waals surface area contributed by atoms with E-state index in [-0.39, 0.29) is 0 Å². The van der Waals surface area contributed by atoms with Gasteiger partial charge in [-0.1, -0.05) is 72.8 Å². The van der Waals surface area contributed by atoms with Crippen molar-refractivity contribution in [3.63, 3.8) is 0 Å². The number of thiophene rings is 1. The van der Waals surface area contributed by atoms with Crippen LogP contribution in [0.3, 0.4) is 0 Å². The maximum Gasteiger partial charge on any atom is 0.0361 e. The normalized spacial score (nSPS) is 11.7. The predicted molar refractivity (Wildman–Crippen MR) is 120 cm³/mol. The smallest absolute Gasteiger partial charge is 0.0361 e. The summed E-state index contributed by atoms with van der Waals surface area (Å²) >= 11 is 1.87. The molecule has 0 unspecified atom stereocenters. The van der Waals surface area contributed by atoms with Gasteiger partial charge in [-0.25, -0.2) is 0 Å². The Bertz CT molecular complexity index is 1440. The minimum atomic E-state index is 1.30. The number of rotatable bonds is 1. The second kappa shape index (κ2) is 5.67. The predicted octanol–water partition coefficient (Wildman–Crippen LogP) is 8.03. The fourth-order valence-electron chi connectivity index (χ4n) is 4.11. The summed E-state index contributed by atoms with van der Waals surface area (Å²) in [4.78, 5) is 1.33. The van der Waals surface area contributed by atoms with Gasteiger partial charge in [0.2, 0.25) is 0 Å². The molecule has 0 fully saturated rings. The topological polar surface area (TPSA) is 0 Å². The molecule has 0 amide bonds. The summed E-state index contributed by atoms with van der Waals surface area (Å²) in [5.41, 5.74) is 1.32. The van der Waals surface area contributed by atoms with Crippen molar-refractivity contribution in [1.29, 1.82) is 0 Å². The maximum absolute atomic E-state index is 2.38. The van der Waals surface area contributed by atoms with Gasteiger partial charge in [-0.2, -0.15) is 0 Å². The summed E-state index contributed by atoms with van der Waals surface area (Å²) in [5, 5.41) is 9.19. The quantitative estimate of drug-likeness (QED) is 0.206. The van der Waals surface area contributed by atoms with Gasteiger partial charge in [-0.05, 0) is 67.5 Å². The zero-order valence-corrected chi connectivity index (χ0v) is 15.5. The molecule has 0 bridgehead atoms. The molecule has 6 aromatic rings. The molecule has 0 atom stereocenters. The van der Waals surface area contributed by atoms with Crippen LogP contribution in [0.25, 0.3) is 52.8 Å². The van der Waals surface area contributed by atoms with Crippen molar-refractivity contribution in [3.8, 4) is 10.4 Å². The lowest BCUT2D eigenvalue weighted by Crippen LogP contribution is -1.82. The van der Waals surface area contributed by atoms with E-state index in [4.69, 9.17) is 0 Å². The Morgan fingerprint density at radius 1 is 0.444 bits per heavy atom. The van der Waals surface area contributed by atoms with Crippen molar-refractivity contribution >= 4 is 53.7 Å². The minimum absolute atomic E-state index is 1.30. The summed E-state index contributed by atoms with van der Waals surface area (Å²) in [5.74, 6) is 0. The molecular formula is C26H16S. The number of benzene rings is 5. The third-order valence-electron chi connectivity index (χ3n) is 5.43. The van der Waals surface area contributed by atoms with E-state index in [9.17, 15) is 0 Å². The van der Waals surface area contributed by atoms with E-state index in [0.29, 0.717) is 0 Å². The maximum atomic E-state index is 2.38. The van der Waals surface area contributed by atoms with Crippen molar-refractivity contribution in [2.45, 2.75) is 0 Å². The van der Waals surface area contributed by atoms with Gasteiger partial charge in [0.05, 0.1) is 0 Å². The summed E-state index contributed by atoms with van der Waals surface area (Å²) in [6.45, 7) is 0. The summed E-state index contributed by atoms with van der Waals surface area (Å²) in [7, 11) is 0. The van der Waals surface area contributed by atoms with Gasteiger partial charge in [-0.3, -0.25) is 0 Å². The monoisotopic (exact) mass is 360 g/mol. The van der Waals surface area contributed by atoms with Gasteiger partial charge in [0.25, 0.3) is 0 Å². The standard InChI is InChI=1S/C26H16S/c1-3-9-21-17(6-1)12-13-19-14-18-8-5-10-22(24(18)16-23(19)21)26-15-20-7-2-4-11-25(20)27-26/h1-16H. The average Bonchev–Trinajstić information content (AvgIpc) is 3.16. The van der Waals surface area contributed by atoms with Crippen molar-refractivity contribution in [1.82, 2.24) is 0 Å². The Hall–Kier alpha value is -3.16. The van der Waals surface area contributed by atoms with E-state index < -0.39 is 0 Å². The fraction of sp³-hybridized carbons (Fsp3) is 0. The van der Waals surface area contributed by atoms with E-state index in [1.165, 1.54) is 52.8 Å². The van der Waals surface area contributed by atoms with Crippen LogP contribution in [-0.4, -0.2) is 0 Å². The second-order valence-corrected chi connectivity index (χ2v) is 8.12. The Morgan fingerprint density at radius 3 is 2.11 bits per heavy atom. The highest BCUT2D eigenvalue weighted by Gasteiger charge is 2.10. The van der Waals surface area contributed by atoms with Crippen molar-refractivity contribution in [2.75, 3.05) is 0 Å². The second-order valence-electron chi connectivity index (χ2n) is 7.04. The zero-order chi connectivity index (χ0) is 17.8. The van der Waals surface area contributed by atoms with Crippen LogP contribution in [0.15, 0.2) is 97.1 Å². The molecule has 0 nitrogen and oxygen atoms in total. The molecule has 0 saturated heterocycles. The molecule has 0 aliphatic heterocycles. The van der Waals surface area contributed by atoms with Gasteiger partial charge in [-0.15, -0.1) is 11.3 Å². The molecule has 5 aromatic carbocycles. The molecule has 6 rings (SSSR count). The minimum Gasteiger partial charge on any atom is -0.135 e. The van der Waals surface area contributed by atoms with E-state index in [2.05, 4.69) is 97.1 Å². The van der Waals surface area contributed by atoms with Gasteiger partial charge >= 0.3 is 0 Å². The zero-order valence-electron chi connectivity index (χ0n) is 14.6. The van der Waals surface area contributed by atoms with E-state index in [1.807, 2.05) is 11.3 Å². The van der Waals surface area contributed by atoms with Crippen LogP contribution in [0.5, 0.6) is 0 Å². The number of fused-ring (bicyclic) bond motifs is 5. The summed E-state index contributed by atoms with van der Waals surface area (Å²) in [6.07, 6.45) is 0. The largest absolute Gasteiger partial charge is 0.135 e. The first-order valence-electron chi connectivity index (χ1n) is 9.20. The molecule has 0 spiro atoms. The third kappa shape index (κ3) is 2.29. The number of hydrogen-bond donors (Lipinski definition) is 0. The molecule has 0 N–H and O–H groups in total. The van der Waals surface area contributed by atoms with E-state index in [1.54, 1.807) is 0 Å². The lowest BCUT2D eigenvalue weighted by atomic mass is 9.95. The van der Waals surface area contributed by atoms with Crippen molar-refractivity contribution in [2.24, 2.45) is 0 Å². The van der Waals surface area contributed by atoms with Gasteiger partial charge in [0.1, 0.15) is 0 Å². The molecule has 0 saturated carbocycles. The van der Waals surface area contributed by atoms with Crippen LogP contribution in [0.4, 0.5) is 0 Å². The molecule has 1 heterocycles. The Balaban J connectivity index is 1.72. The lowest BCUT2D eigenvalue weighted by molar-refractivity contribution is 1.76. The fourth-order valence-corrected chi connectivity index (χ4v) is 5.21. The molecule has 27 heavy (non-hydrogen) atoms. The molecule has 126 valence electrons. The van der Waals surface area contributed by atoms with Gasteiger partial charge in [0.15, 0.2) is 0 Å². The van der Waals surface area contributed by atoms with Crippen molar-refractivity contribution < 1.29 is 0 Å². The molecule has 0 aliphatic rings. The SMILES string of the molecule is c1ccc2sc(-c3cccc4cc5ccc6ccccc6c5cc34)cc2c1. The molecular weight excluding hydrogens is 344 g/mol. The Kier molecular flexibility index (Phi) is 3.14. The molecule has 0 aliphatic carbocycles. The summed E-state index contributed by atoms with van der Waals surface area (Å²) in [6, 6.07) is 35.4. The van der Waals surface area contributed by atoms with E-state index >= 15 is 0 Å². The third-order valence-corrected chi connectivity index (χ3v) is 6.58. The first-order valence-corrected chi connectivity index (χ1v) is 10.0. The van der Waals surface area contributed by atoms with E-state index in [0.717, 1.165) is 0 Å². The van der Waals surface area contributed by atoms with Gasteiger partial charge in [0, 0.05) is 9.58 Å². The molecule has 0 radical (unpaired) electrons. The Morgan fingerprint density at radius 2 is 1.19 bits per heavy atom. The highest BCUT2D eigenvalue weighted by molar-refractivity contribution is 7.22. The Labute approximate surface area is 161 Å². The van der Waals surface area contributed by atoms with Gasteiger partial charge < -0.3 is 0 Å². The average molecular weight is 360 g/mol. The molecule has 1 heteroatoms. The first kappa shape index (κ1) is 15.0. The van der Waals surface area contributed by atoms with Crippen LogP contribution in [0.2, 0.25) is 0 Å². The first-order chi connectivity index (χ1) is 13.4. The van der Waals surface area contributed by atoms with Crippen molar-refractivity contribution in [3.05, 3.63) is 97.1 Å². The number of hydrogen-bond acceptors (Lipinski definition) is 1. The van der Waals surface area contributed by atoms with Crippen LogP contribution in [-0.2, 0) is 0 Å². The highest BCUT2D eigenvalue weighted by atomic mass is 32.1. The van der Waals surface area contributed by atoms with Crippen LogP contribution in [0, 0.1) is 0 Å². The van der Waals surface area contributed by atoms with Crippen LogP contribution in [0.1, 0.15) is 0 Å². The van der Waals surface area contributed by atoms with Crippen LogP contribution >= 0.6 is 11.3 Å². The van der Waals surface area contributed by atoms with Crippen LogP contribution < -0.4 is 0 Å². The molecule has 1 aromatic heterocycles. The highest BCUT2D eigenvalue weighted by Crippen LogP contribution is 2.39.